The molecular weight excluding hydrogens is 458 g/mol. The zero-order valence-electron chi connectivity index (χ0n) is 22.0. The molecule has 0 amide bonds. The minimum absolute atomic E-state index is 0.0818. The Hall–Kier alpha value is -3.22. The van der Waals surface area contributed by atoms with E-state index in [9.17, 15) is 4.79 Å². The third-order valence-electron chi connectivity index (χ3n) is 7.50. The monoisotopic (exact) mass is 497 g/mol. The number of aromatic nitrogens is 2. The second-order valence-electron chi connectivity index (χ2n) is 10.6. The summed E-state index contributed by atoms with van der Waals surface area (Å²) in [6.45, 7) is 8.47. The summed E-state index contributed by atoms with van der Waals surface area (Å²) < 4.78 is 1.72. The molecule has 0 unspecified atom stereocenters. The highest BCUT2D eigenvalue weighted by Gasteiger charge is 2.21. The molecule has 3 aromatic rings. The van der Waals surface area contributed by atoms with Gasteiger partial charge < -0.3 is 5.32 Å². The molecule has 0 aliphatic carbocycles. The summed E-state index contributed by atoms with van der Waals surface area (Å²) in [6, 6.07) is 19.1. The Balaban J connectivity index is 1.18. The molecule has 1 N–H and O–H groups in total. The van der Waals surface area contributed by atoms with Crippen molar-refractivity contribution < 1.29 is 0 Å². The quantitative estimate of drug-likeness (QED) is 0.464. The van der Waals surface area contributed by atoms with Gasteiger partial charge in [0.05, 0.1) is 0 Å². The van der Waals surface area contributed by atoms with Crippen LogP contribution in [0, 0.1) is 0 Å². The number of piperidine rings is 2. The molecule has 0 saturated carbocycles. The molecule has 5 rings (SSSR count). The average molecular weight is 498 g/mol. The first kappa shape index (κ1) is 25.4. The number of nitrogens with zero attached hydrogens (tertiary/aromatic N) is 4. The standard InChI is InChI=1S/C31H39N5O/c1-25(21-26-9-4-2-5-10-26)23-35-18-13-28(14-19-35)33-30-31(37)36(20-15-32-30)29-12-8-11-27(22-29)24-34-16-6-3-7-17-34/h2,4-5,8-12,15,20-22,28H,3,6-7,13-14,16-19,23-24H2,1H3,(H,32,33)/b25-21+. The molecule has 37 heavy (non-hydrogen) atoms. The number of nitrogens with one attached hydrogen (secondary N) is 1. The van der Waals surface area contributed by atoms with Gasteiger partial charge in [-0.15, -0.1) is 0 Å². The molecule has 2 fully saturated rings. The molecular formula is C31H39N5O. The van der Waals surface area contributed by atoms with Gasteiger partial charge in [-0.05, 0) is 69.0 Å². The van der Waals surface area contributed by atoms with Crippen LogP contribution in [0.5, 0.6) is 0 Å². The Morgan fingerprint density at radius 2 is 1.76 bits per heavy atom. The van der Waals surface area contributed by atoms with E-state index in [1.54, 1.807) is 17.0 Å². The lowest BCUT2D eigenvalue weighted by molar-refractivity contribution is 0.221. The van der Waals surface area contributed by atoms with Gasteiger partial charge in [0.15, 0.2) is 5.82 Å². The van der Waals surface area contributed by atoms with E-state index in [0.29, 0.717) is 5.82 Å². The molecule has 0 spiro atoms. The van der Waals surface area contributed by atoms with Gasteiger partial charge in [-0.2, -0.15) is 0 Å². The summed E-state index contributed by atoms with van der Waals surface area (Å²) in [5.74, 6) is 0.447. The van der Waals surface area contributed by atoms with Crippen molar-refractivity contribution in [2.75, 3.05) is 38.0 Å². The lowest BCUT2D eigenvalue weighted by atomic mass is 10.0. The van der Waals surface area contributed by atoms with Crippen molar-refractivity contribution >= 4 is 11.9 Å². The van der Waals surface area contributed by atoms with Crippen LogP contribution in [-0.2, 0) is 6.54 Å². The first-order valence-electron chi connectivity index (χ1n) is 13.7. The topological polar surface area (TPSA) is 53.4 Å². The van der Waals surface area contributed by atoms with Crippen LogP contribution in [0.15, 0.2) is 77.4 Å². The third kappa shape index (κ3) is 6.96. The van der Waals surface area contributed by atoms with Crippen LogP contribution in [0.3, 0.4) is 0 Å². The molecule has 3 heterocycles. The van der Waals surface area contributed by atoms with Gasteiger partial charge in [-0.1, -0.05) is 60.5 Å². The zero-order valence-corrected chi connectivity index (χ0v) is 22.0. The molecule has 2 aromatic carbocycles. The summed E-state index contributed by atoms with van der Waals surface area (Å²) >= 11 is 0. The number of hydrogen-bond acceptors (Lipinski definition) is 5. The highest BCUT2D eigenvalue weighted by Crippen LogP contribution is 2.18. The largest absolute Gasteiger partial charge is 0.363 e. The number of rotatable bonds is 8. The van der Waals surface area contributed by atoms with Crippen molar-refractivity contribution in [1.29, 1.82) is 0 Å². The first-order valence-corrected chi connectivity index (χ1v) is 13.7. The van der Waals surface area contributed by atoms with Gasteiger partial charge in [0.2, 0.25) is 0 Å². The SMILES string of the molecule is C/C(=C\c1ccccc1)CN1CCC(Nc2nccn(-c3cccc(CN4CCCCC4)c3)c2=O)CC1. The number of hydrogen-bond donors (Lipinski definition) is 1. The fourth-order valence-electron chi connectivity index (χ4n) is 5.56. The molecule has 1 aromatic heterocycles. The summed E-state index contributed by atoms with van der Waals surface area (Å²) in [6.07, 6.45) is 11.7. The minimum Gasteiger partial charge on any atom is -0.363 e. The Labute approximate surface area is 220 Å². The van der Waals surface area contributed by atoms with Crippen LogP contribution in [0.1, 0.15) is 50.2 Å². The molecule has 6 heteroatoms. The summed E-state index contributed by atoms with van der Waals surface area (Å²) in [4.78, 5) is 22.8. The van der Waals surface area contributed by atoms with Crippen LogP contribution < -0.4 is 10.9 Å². The van der Waals surface area contributed by atoms with E-state index in [0.717, 1.165) is 57.8 Å². The molecule has 0 radical (unpaired) electrons. The van der Waals surface area contributed by atoms with Crippen molar-refractivity contribution in [2.24, 2.45) is 0 Å². The maximum atomic E-state index is 13.3. The van der Waals surface area contributed by atoms with E-state index < -0.39 is 0 Å². The molecule has 2 aliphatic rings. The summed E-state index contributed by atoms with van der Waals surface area (Å²) in [7, 11) is 0. The van der Waals surface area contributed by atoms with Gasteiger partial charge in [0.1, 0.15) is 0 Å². The smallest absolute Gasteiger partial charge is 0.297 e. The van der Waals surface area contributed by atoms with E-state index in [2.05, 4.69) is 81.6 Å². The van der Waals surface area contributed by atoms with E-state index in [1.165, 1.54) is 36.0 Å². The van der Waals surface area contributed by atoms with E-state index in [-0.39, 0.29) is 11.6 Å². The second-order valence-corrected chi connectivity index (χ2v) is 10.6. The Morgan fingerprint density at radius 1 is 0.973 bits per heavy atom. The van der Waals surface area contributed by atoms with E-state index in [4.69, 9.17) is 0 Å². The Morgan fingerprint density at radius 3 is 2.54 bits per heavy atom. The molecule has 6 nitrogen and oxygen atoms in total. The molecule has 194 valence electrons. The van der Waals surface area contributed by atoms with Crippen LogP contribution in [0.2, 0.25) is 0 Å². The number of benzene rings is 2. The van der Waals surface area contributed by atoms with Crippen LogP contribution in [0.4, 0.5) is 5.82 Å². The average Bonchev–Trinajstić information content (AvgIpc) is 2.92. The maximum absolute atomic E-state index is 13.3. The fraction of sp³-hybridized carbons (Fsp3) is 0.419. The van der Waals surface area contributed by atoms with Gasteiger partial charge >= 0.3 is 0 Å². The van der Waals surface area contributed by atoms with Crippen molar-refractivity contribution in [3.8, 4) is 5.69 Å². The van der Waals surface area contributed by atoms with Crippen molar-refractivity contribution in [3.05, 3.63) is 94.0 Å². The van der Waals surface area contributed by atoms with Crippen LogP contribution >= 0.6 is 0 Å². The van der Waals surface area contributed by atoms with Crippen molar-refractivity contribution in [1.82, 2.24) is 19.4 Å². The number of anilines is 1. The highest BCUT2D eigenvalue weighted by atomic mass is 16.1. The predicted octanol–water partition coefficient (Wildman–Crippen LogP) is 5.20. The van der Waals surface area contributed by atoms with Gasteiger partial charge in [-0.3, -0.25) is 19.2 Å². The summed E-state index contributed by atoms with van der Waals surface area (Å²) in [5, 5.41) is 3.46. The zero-order chi connectivity index (χ0) is 25.5. The molecule has 0 atom stereocenters. The number of likely N-dealkylation sites (tertiary alicyclic amines) is 2. The second kappa shape index (κ2) is 12.3. The Kier molecular flexibility index (Phi) is 8.49. The maximum Gasteiger partial charge on any atom is 0.297 e. The van der Waals surface area contributed by atoms with Gasteiger partial charge in [-0.25, -0.2) is 4.98 Å². The summed E-state index contributed by atoms with van der Waals surface area (Å²) in [5.41, 5.74) is 4.69. The predicted molar refractivity (Wildman–Crippen MR) is 152 cm³/mol. The van der Waals surface area contributed by atoms with Gasteiger partial charge in [0, 0.05) is 50.3 Å². The first-order chi connectivity index (χ1) is 18.1. The van der Waals surface area contributed by atoms with Crippen LogP contribution in [-0.4, -0.2) is 58.1 Å². The fourth-order valence-corrected chi connectivity index (χ4v) is 5.56. The Bertz CT molecular complexity index is 1240. The third-order valence-corrected chi connectivity index (χ3v) is 7.50. The molecule has 2 aliphatic heterocycles. The van der Waals surface area contributed by atoms with Crippen molar-refractivity contribution in [3.63, 3.8) is 0 Å². The van der Waals surface area contributed by atoms with Crippen molar-refractivity contribution in [2.45, 2.75) is 51.6 Å². The van der Waals surface area contributed by atoms with Gasteiger partial charge in [0.25, 0.3) is 5.56 Å². The normalized spacial score (nSPS) is 18.1. The van der Waals surface area contributed by atoms with Crippen LogP contribution in [0.25, 0.3) is 11.8 Å². The lowest BCUT2D eigenvalue weighted by Gasteiger charge is -2.32. The minimum atomic E-state index is -0.0818. The van der Waals surface area contributed by atoms with E-state index in [1.807, 2.05) is 6.07 Å². The van der Waals surface area contributed by atoms with E-state index >= 15 is 0 Å². The highest BCUT2D eigenvalue weighted by molar-refractivity contribution is 5.52. The lowest BCUT2D eigenvalue weighted by Crippen LogP contribution is -2.41. The molecule has 2 saturated heterocycles. The molecule has 0 bridgehead atoms.